The van der Waals surface area contributed by atoms with Gasteiger partial charge in [-0.05, 0) is 18.2 Å². The van der Waals surface area contributed by atoms with Crippen LogP contribution >= 0.6 is 15.9 Å². The summed E-state index contributed by atoms with van der Waals surface area (Å²) in [4.78, 5) is 11.2. The fraction of sp³-hybridized carbons (Fsp3) is 0.364. The van der Waals surface area contributed by atoms with Gasteiger partial charge in [-0.25, -0.2) is 0 Å². The van der Waals surface area contributed by atoms with Gasteiger partial charge < -0.3 is 15.8 Å². The van der Waals surface area contributed by atoms with E-state index < -0.39 is 0 Å². The Hall–Kier alpha value is -1.07. The van der Waals surface area contributed by atoms with Gasteiger partial charge in [0.05, 0.1) is 7.11 Å². The number of methoxy groups -OCH3 is 1. The number of ether oxygens (including phenoxy) is 1. The summed E-state index contributed by atoms with van der Waals surface area (Å²) in [6, 6.07) is 5.19. The van der Waals surface area contributed by atoms with E-state index in [9.17, 15) is 4.79 Å². The molecule has 5 heteroatoms. The number of nitrogens with one attached hydrogen (secondary N) is 1. The molecule has 0 saturated heterocycles. The lowest BCUT2D eigenvalue weighted by molar-refractivity contribution is -0.120. The van der Waals surface area contributed by atoms with Crippen molar-refractivity contribution in [2.75, 3.05) is 14.2 Å². The molecule has 0 spiro atoms. The fourth-order valence-electron chi connectivity index (χ4n) is 1.41. The molecule has 3 N–H and O–H groups in total. The Balaban J connectivity index is 2.92. The third-order valence-electron chi connectivity index (χ3n) is 2.28. The summed E-state index contributed by atoms with van der Waals surface area (Å²) in [5, 5.41) is 2.55. The minimum atomic E-state index is -0.368. The Labute approximate surface area is 103 Å². The van der Waals surface area contributed by atoms with Crippen molar-refractivity contribution in [1.29, 1.82) is 0 Å². The number of hydrogen-bond acceptors (Lipinski definition) is 3. The van der Waals surface area contributed by atoms with Gasteiger partial charge in [0, 0.05) is 29.5 Å². The molecule has 16 heavy (non-hydrogen) atoms. The first kappa shape index (κ1) is 13.0. The van der Waals surface area contributed by atoms with Crippen molar-refractivity contribution < 1.29 is 9.53 Å². The third-order valence-corrected chi connectivity index (χ3v) is 2.77. The number of amides is 1. The number of carbonyl (C=O) groups is 1. The summed E-state index contributed by atoms with van der Waals surface area (Å²) in [6.07, 6.45) is 0.239. The number of benzene rings is 1. The molecule has 1 unspecified atom stereocenters. The second kappa shape index (κ2) is 5.86. The Bertz CT molecular complexity index is 382. The first-order valence-electron chi connectivity index (χ1n) is 4.88. The maximum atomic E-state index is 11.2. The Kier molecular flexibility index (Phi) is 4.76. The Morgan fingerprint density at radius 2 is 2.31 bits per heavy atom. The summed E-state index contributed by atoms with van der Waals surface area (Å²) in [5.41, 5.74) is 6.77. The molecule has 0 saturated carbocycles. The fourth-order valence-corrected chi connectivity index (χ4v) is 1.79. The van der Waals surface area contributed by atoms with Crippen LogP contribution < -0.4 is 15.8 Å². The van der Waals surface area contributed by atoms with Gasteiger partial charge in [0.25, 0.3) is 0 Å². The van der Waals surface area contributed by atoms with E-state index in [0.717, 1.165) is 10.0 Å². The van der Waals surface area contributed by atoms with E-state index in [1.165, 1.54) is 0 Å². The molecule has 1 aromatic rings. The highest BCUT2D eigenvalue weighted by molar-refractivity contribution is 9.10. The summed E-state index contributed by atoms with van der Waals surface area (Å²) in [7, 11) is 3.17. The van der Waals surface area contributed by atoms with Crippen LogP contribution in [0.3, 0.4) is 0 Å². The minimum absolute atomic E-state index is 0.0884. The monoisotopic (exact) mass is 286 g/mol. The topological polar surface area (TPSA) is 64.4 Å². The van der Waals surface area contributed by atoms with Crippen molar-refractivity contribution in [1.82, 2.24) is 5.32 Å². The number of nitrogens with two attached hydrogens (primary N) is 1. The molecule has 0 heterocycles. The number of hydrogen-bond donors (Lipinski definition) is 2. The summed E-state index contributed by atoms with van der Waals surface area (Å²) in [5.74, 6) is 0.606. The molecule has 0 aromatic heterocycles. The molecule has 88 valence electrons. The van der Waals surface area contributed by atoms with Crippen LogP contribution in [-0.4, -0.2) is 20.1 Å². The van der Waals surface area contributed by atoms with E-state index in [4.69, 9.17) is 10.5 Å². The van der Waals surface area contributed by atoms with E-state index >= 15 is 0 Å². The van der Waals surface area contributed by atoms with Crippen LogP contribution in [0.5, 0.6) is 5.75 Å². The van der Waals surface area contributed by atoms with Crippen molar-refractivity contribution in [3.63, 3.8) is 0 Å². The zero-order chi connectivity index (χ0) is 12.1. The van der Waals surface area contributed by atoms with E-state index in [-0.39, 0.29) is 18.4 Å². The van der Waals surface area contributed by atoms with Gasteiger partial charge in [-0.15, -0.1) is 0 Å². The Morgan fingerprint density at radius 1 is 1.62 bits per heavy atom. The molecule has 1 aromatic carbocycles. The standard InChI is InChI=1S/C11H15BrN2O2/c1-14-11(15)6-9(13)8-5-7(12)3-4-10(8)16-2/h3-5,9H,6,13H2,1-2H3,(H,14,15). The first-order chi connectivity index (χ1) is 7.58. The number of halogens is 1. The highest BCUT2D eigenvalue weighted by atomic mass is 79.9. The van der Waals surface area contributed by atoms with Gasteiger partial charge in [-0.3, -0.25) is 4.79 Å². The van der Waals surface area contributed by atoms with Crippen LogP contribution in [0.4, 0.5) is 0 Å². The smallest absolute Gasteiger partial charge is 0.221 e. The second-order valence-electron chi connectivity index (χ2n) is 3.37. The predicted molar refractivity (Wildman–Crippen MR) is 66.3 cm³/mol. The van der Waals surface area contributed by atoms with Gasteiger partial charge in [0.1, 0.15) is 5.75 Å². The molecule has 0 radical (unpaired) electrons. The molecule has 1 amide bonds. The largest absolute Gasteiger partial charge is 0.496 e. The summed E-state index contributed by atoms with van der Waals surface area (Å²) < 4.78 is 6.12. The van der Waals surface area contributed by atoms with Crippen LogP contribution in [0, 0.1) is 0 Å². The number of rotatable bonds is 4. The average molecular weight is 287 g/mol. The molecule has 0 aliphatic carbocycles. The van der Waals surface area contributed by atoms with Crippen molar-refractivity contribution in [2.45, 2.75) is 12.5 Å². The van der Waals surface area contributed by atoms with Crippen LogP contribution in [0.2, 0.25) is 0 Å². The summed E-state index contributed by atoms with van der Waals surface area (Å²) >= 11 is 3.37. The normalized spacial score (nSPS) is 12.0. The molecule has 0 bridgehead atoms. The van der Waals surface area contributed by atoms with Crippen LogP contribution in [-0.2, 0) is 4.79 Å². The van der Waals surface area contributed by atoms with Gasteiger partial charge in [-0.1, -0.05) is 15.9 Å². The van der Waals surface area contributed by atoms with Gasteiger partial charge in [0.2, 0.25) is 5.91 Å². The second-order valence-corrected chi connectivity index (χ2v) is 4.29. The molecule has 0 aliphatic heterocycles. The highest BCUT2D eigenvalue weighted by Crippen LogP contribution is 2.28. The predicted octanol–water partition coefficient (Wildman–Crippen LogP) is 1.59. The third kappa shape index (κ3) is 3.21. The molecule has 1 rings (SSSR count). The van der Waals surface area contributed by atoms with Gasteiger partial charge in [0.15, 0.2) is 0 Å². The van der Waals surface area contributed by atoms with E-state index in [1.807, 2.05) is 18.2 Å². The maximum Gasteiger partial charge on any atom is 0.221 e. The van der Waals surface area contributed by atoms with Gasteiger partial charge >= 0.3 is 0 Å². The molecule has 0 fully saturated rings. The molecule has 4 nitrogen and oxygen atoms in total. The average Bonchev–Trinajstić information content (AvgIpc) is 2.28. The zero-order valence-corrected chi connectivity index (χ0v) is 10.9. The van der Waals surface area contributed by atoms with Crippen molar-refractivity contribution in [3.05, 3.63) is 28.2 Å². The lowest BCUT2D eigenvalue weighted by Gasteiger charge is -2.15. The molecule has 0 aliphatic rings. The van der Waals surface area contributed by atoms with Crippen molar-refractivity contribution in [2.24, 2.45) is 5.73 Å². The van der Waals surface area contributed by atoms with Crippen molar-refractivity contribution >= 4 is 21.8 Å². The van der Waals surface area contributed by atoms with E-state index in [0.29, 0.717) is 5.75 Å². The molecular formula is C11H15BrN2O2. The van der Waals surface area contributed by atoms with Gasteiger partial charge in [-0.2, -0.15) is 0 Å². The molecule has 1 atom stereocenters. The highest BCUT2D eigenvalue weighted by Gasteiger charge is 2.15. The quantitative estimate of drug-likeness (QED) is 0.884. The van der Waals surface area contributed by atoms with Crippen LogP contribution in [0.15, 0.2) is 22.7 Å². The summed E-state index contributed by atoms with van der Waals surface area (Å²) in [6.45, 7) is 0. The number of carbonyl (C=O) groups excluding carboxylic acids is 1. The minimum Gasteiger partial charge on any atom is -0.496 e. The van der Waals surface area contributed by atoms with Crippen molar-refractivity contribution in [3.8, 4) is 5.75 Å². The van der Waals surface area contributed by atoms with E-state index in [1.54, 1.807) is 14.2 Å². The van der Waals surface area contributed by atoms with Crippen LogP contribution in [0.1, 0.15) is 18.0 Å². The maximum absolute atomic E-state index is 11.2. The lowest BCUT2D eigenvalue weighted by atomic mass is 10.0. The first-order valence-corrected chi connectivity index (χ1v) is 5.67. The Morgan fingerprint density at radius 3 is 2.88 bits per heavy atom. The molecular weight excluding hydrogens is 272 g/mol. The SMILES string of the molecule is CNC(=O)CC(N)c1cc(Br)ccc1OC. The van der Waals surface area contributed by atoms with Crippen LogP contribution in [0.25, 0.3) is 0 Å². The lowest BCUT2D eigenvalue weighted by Crippen LogP contribution is -2.24. The zero-order valence-electron chi connectivity index (χ0n) is 9.29. The van der Waals surface area contributed by atoms with E-state index in [2.05, 4.69) is 21.2 Å².